The molecule has 1 aliphatic heterocycles. The van der Waals surface area contributed by atoms with E-state index in [9.17, 15) is 8.42 Å². The van der Waals surface area contributed by atoms with Crippen molar-refractivity contribution in [1.82, 2.24) is 23.6 Å². The summed E-state index contributed by atoms with van der Waals surface area (Å²) >= 11 is 7.89. The molecule has 3 heterocycles. The van der Waals surface area contributed by atoms with E-state index in [1.807, 2.05) is 24.0 Å². The molecule has 0 amide bonds. The van der Waals surface area contributed by atoms with Gasteiger partial charge in [-0.05, 0) is 24.7 Å². The van der Waals surface area contributed by atoms with Crippen LogP contribution < -0.4 is 0 Å². The van der Waals surface area contributed by atoms with E-state index < -0.39 is 10.0 Å². The van der Waals surface area contributed by atoms with Crippen molar-refractivity contribution in [3.05, 3.63) is 23.7 Å². The van der Waals surface area contributed by atoms with Crippen LogP contribution in [0.1, 0.15) is 12.8 Å². The van der Waals surface area contributed by atoms with Gasteiger partial charge in [0, 0.05) is 44.8 Å². The number of imidazole rings is 1. The Balaban J connectivity index is 1.44. The van der Waals surface area contributed by atoms with Gasteiger partial charge in [0.25, 0.3) is 0 Å². The number of sulfonamides is 1. The highest BCUT2D eigenvalue weighted by Crippen LogP contribution is 2.46. The molecule has 1 saturated carbocycles. The maximum atomic E-state index is 12.9. The lowest BCUT2D eigenvalue weighted by molar-refractivity contribution is 0.446. The molecular formula is C15H20ClN5O2S2. The molecule has 25 heavy (non-hydrogen) atoms. The van der Waals surface area contributed by atoms with Gasteiger partial charge in [0.15, 0.2) is 5.16 Å². The molecule has 7 nitrogen and oxygen atoms in total. The predicted octanol–water partition coefficient (Wildman–Crippen LogP) is 2.00. The molecule has 136 valence electrons. The molecule has 4 rings (SSSR count). The second-order valence-corrected chi connectivity index (χ2v) is 10.3. The van der Waals surface area contributed by atoms with Crippen LogP contribution in [-0.2, 0) is 24.1 Å². The zero-order valence-corrected chi connectivity index (χ0v) is 16.4. The van der Waals surface area contributed by atoms with Crippen molar-refractivity contribution >= 4 is 33.4 Å². The van der Waals surface area contributed by atoms with Crippen molar-refractivity contribution in [2.24, 2.45) is 25.9 Å². The zero-order chi connectivity index (χ0) is 17.8. The zero-order valence-electron chi connectivity index (χ0n) is 14.0. The number of thioether (sulfide) groups is 1. The summed E-state index contributed by atoms with van der Waals surface area (Å²) in [6.07, 6.45) is 7.14. The Kier molecular flexibility index (Phi) is 4.38. The van der Waals surface area contributed by atoms with Crippen LogP contribution in [0.3, 0.4) is 0 Å². The third-order valence-electron chi connectivity index (χ3n) is 5.18. The van der Waals surface area contributed by atoms with E-state index in [1.54, 1.807) is 23.1 Å². The Morgan fingerprint density at radius 1 is 1.24 bits per heavy atom. The van der Waals surface area contributed by atoms with Gasteiger partial charge in [-0.2, -0.15) is 9.40 Å². The van der Waals surface area contributed by atoms with Gasteiger partial charge in [0.2, 0.25) is 10.0 Å². The minimum atomic E-state index is -3.57. The number of rotatable bonds is 4. The first-order valence-corrected chi connectivity index (χ1v) is 10.9. The monoisotopic (exact) mass is 401 g/mol. The molecular weight excluding hydrogens is 382 g/mol. The molecule has 2 fully saturated rings. The summed E-state index contributed by atoms with van der Waals surface area (Å²) < 4.78 is 30.7. The second kappa shape index (κ2) is 6.29. The van der Waals surface area contributed by atoms with Gasteiger partial charge in [0.1, 0.15) is 10.0 Å². The van der Waals surface area contributed by atoms with Crippen LogP contribution >= 0.6 is 23.4 Å². The summed E-state index contributed by atoms with van der Waals surface area (Å²) in [6, 6.07) is 0. The maximum Gasteiger partial charge on any atom is 0.247 e. The lowest BCUT2D eigenvalue weighted by Gasteiger charge is -2.18. The maximum absolute atomic E-state index is 12.9. The van der Waals surface area contributed by atoms with Crippen LogP contribution in [-0.4, -0.2) is 50.4 Å². The SMILES string of the molecule is Cn1ccnc1S[C@H]1C[C@@H]2CN(S(=O)(=O)c3cnn(C)c3Cl)C[C@@H]2C1. The first-order valence-electron chi connectivity index (χ1n) is 8.18. The van der Waals surface area contributed by atoms with Gasteiger partial charge < -0.3 is 4.57 Å². The molecule has 2 aromatic rings. The highest BCUT2D eigenvalue weighted by Gasteiger charge is 2.46. The lowest BCUT2D eigenvalue weighted by Crippen LogP contribution is -2.30. The Labute approximate surface area is 156 Å². The minimum Gasteiger partial charge on any atom is -0.329 e. The fourth-order valence-corrected chi connectivity index (χ4v) is 7.12. The molecule has 2 aliphatic rings. The standard InChI is InChI=1S/C15H20ClN5O2S2/c1-19-4-3-17-15(19)24-12-5-10-8-21(9-11(10)6-12)25(22,23)13-7-18-20(2)14(13)16/h3-4,7,10-12H,5-6,8-9H2,1-2H3/t10-,11+,12+. The van der Waals surface area contributed by atoms with Crippen LogP contribution in [0.5, 0.6) is 0 Å². The number of aryl methyl sites for hydroxylation is 2. The Morgan fingerprint density at radius 3 is 2.44 bits per heavy atom. The van der Waals surface area contributed by atoms with Crippen molar-refractivity contribution < 1.29 is 8.42 Å². The molecule has 0 N–H and O–H groups in total. The van der Waals surface area contributed by atoms with E-state index in [1.165, 1.54) is 10.9 Å². The molecule has 0 radical (unpaired) electrons. The summed E-state index contributed by atoms with van der Waals surface area (Å²) in [4.78, 5) is 4.48. The molecule has 10 heteroatoms. The normalized spacial score (nSPS) is 27.1. The van der Waals surface area contributed by atoms with Gasteiger partial charge in [0.05, 0.1) is 6.20 Å². The smallest absolute Gasteiger partial charge is 0.247 e. The average Bonchev–Trinajstić information content (AvgIpc) is 3.27. The van der Waals surface area contributed by atoms with Crippen molar-refractivity contribution in [3.63, 3.8) is 0 Å². The van der Waals surface area contributed by atoms with Gasteiger partial charge in [-0.25, -0.2) is 13.4 Å². The summed E-state index contributed by atoms with van der Waals surface area (Å²) in [5, 5.41) is 5.65. The largest absolute Gasteiger partial charge is 0.329 e. The molecule has 2 aromatic heterocycles. The van der Waals surface area contributed by atoms with Crippen LogP contribution in [0.15, 0.2) is 28.6 Å². The number of hydrogen-bond donors (Lipinski definition) is 0. The van der Waals surface area contributed by atoms with E-state index in [4.69, 9.17) is 11.6 Å². The first kappa shape index (κ1) is 17.4. The number of halogens is 1. The number of nitrogens with zero attached hydrogens (tertiary/aromatic N) is 5. The molecule has 0 bridgehead atoms. The minimum absolute atomic E-state index is 0.107. The van der Waals surface area contributed by atoms with Crippen molar-refractivity contribution in [3.8, 4) is 0 Å². The lowest BCUT2D eigenvalue weighted by atomic mass is 10.0. The van der Waals surface area contributed by atoms with Crippen molar-refractivity contribution in [2.75, 3.05) is 13.1 Å². The summed E-state index contributed by atoms with van der Waals surface area (Å²) in [5.41, 5.74) is 0. The van der Waals surface area contributed by atoms with E-state index in [0.717, 1.165) is 18.0 Å². The van der Waals surface area contributed by atoms with E-state index >= 15 is 0 Å². The highest BCUT2D eigenvalue weighted by molar-refractivity contribution is 7.99. The molecule has 1 saturated heterocycles. The van der Waals surface area contributed by atoms with Gasteiger partial charge >= 0.3 is 0 Å². The number of fused-ring (bicyclic) bond motifs is 1. The van der Waals surface area contributed by atoms with Crippen molar-refractivity contribution in [2.45, 2.75) is 28.1 Å². The fourth-order valence-electron chi connectivity index (χ4n) is 3.82. The number of hydrogen-bond acceptors (Lipinski definition) is 5. The molecule has 3 atom stereocenters. The Morgan fingerprint density at radius 2 is 1.92 bits per heavy atom. The van der Waals surface area contributed by atoms with Crippen LogP contribution in [0, 0.1) is 11.8 Å². The first-order chi connectivity index (χ1) is 11.9. The van der Waals surface area contributed by atoms with Gasteiger partial charge in [-0.15, -0.1) is 0 Å². The van der Waals surface area contributed by atoms with E-state index in [0.29, 0.717) is 30.2 Å². The Hall–Kier alpha value is -1.03. The van der Waals surface area contributed by atoms with E-state index in [2.05, 4.69) is 10.1 Å². The number of aromatic nitrogens is 4. The molecule has 0 spiro atoms. The molecule has 1 aliphatic carbocycles. The third-order valence-corrected chi connectivity index (χ3v) is 8.89. The predicted molar refractivity (Wildman–Crippen MR) is 96.0 cm³/mol. The summed E-state index contributed by atoms with van der Waals surface area (Å²) in [5.74, 6) is 0.811. The van der Waals surface area contributed by atoms with Gasteiger partial charge in [-0.3, -0.25) is 4.68 Å². The van der Waals surface area contributed by atoms with Crippen molar-refractivity contribution in [1.29, 1.82) is 0 Å². The Bertz CT molecular complexity index is 880. The third kappa shape index (κ3) is 3.01. The molecule has 0 unspecified atom stereocenters. The van der Waals surface area contributed by atoms with Crippen LogP contribution in [0.2, 0.25) is 5.15 Å². The second-order valence-electron chi connectivity index (χ2n) is 6.80. The van der Waals surface area contributed by atoms with Crippen LogP contribution in [0.25, 0.3) is 0 Å². The van der Waals surface area contributed by atoms with Gasteiger partial charge in [-0.1, -0.05) is 23.4 Å². The van der Waals surface area contributed by atoms with Crippen LogP contribution in [0.4, 0.5) is 0 Å². The summed E-state index contributed by atoms with van der Waals surface area (Å²) in [6.45, 7) is 1.13. The summed E-state index contributed by atoms with van der Waals surface area (Å²) in [7, 11) is 0.0656. The fraction of sp³-hybridized carbons (Fsp3) is 0.600. The average molecular weight is 402 g/mol. The quantitative estimate of drug-likeness (QED) is 0.783. The molecule has 0 aromatic carbocycles. The van der Waals surface area contributed by atoms with E-state index in [-0.39, 0.29) is 10.0 Å². The topological polar surface area (TPSA) is 73.0 Å². The highest BCUT2D eigenvalue weighted by atomic mass is 35.5.